The SMILES string of the molecule is CCN([CH2][AlH2])CCCCCN(C)CI. The van der Waals surface area contributed by atoms with Gasteiger partial charge >= 0.3 is 0 Å². The fourth-order valence-electron chi connectivity index (χ4n) is 1.49. The molecule has 0 unspecified atom stereocenters. The molecule has 0 heterocycles. The zero-order valence-corrected chi connectivity index (χ0v) is 14.1. The predicted molar refractivity (Wildman–Crippen MR) is 76.0 cm³/mol. The maximum atomic E-state index is 2.56. The lowest BCUT2D eigenvalue weighted by Gasteiger charge is -2.18. The van der Waals surface area contributed by atoms with E-state index >= 15 is 0 Å². The largest absolute Gasteiger partial charge is 0.318 e. The number of halogens is 1. The molecule has 0 spiro atoms. The quantitative estimate of drug-likeness (QED) is 0.208. The minimum Gasteiger partial charge on any atom is -0.318 e. The van der Waals surface area contributed by atoms with E-state index in [1.54, 1.807) is 0 Å². The normalized spacial score (nSPS) is 11.5. The summed E-state index contributed by atoms with van der Waals surface area (Å²) in [5, 5.41) is 1.34. The van der Waals surface area contributed by atoms with Gasteiger partial charge in [-0.15, -0.1) is 0 Å². The number of alkyl halides is 1. The van der Waals surface area contributed by atoms with Crippen LogP contribution in [-0.2, 0) is 0 Å². The summed E-state index contributed by atoms with van der Waals surface area (Å²) in [6.45, 7) is 6.07. The Balaban J connectivity index is 3.20. The van der Waals surface area contributed by atoms with Gasteiger partial charge in [0.15, 0.2) is 0 Å². The fraction of sp³-hybridized carbons (Fsp3) is 1.00. The first-order valence-corrected chi connectivity index (χ1v) is 8.65. The van der Waals surface area contributed by atoms with Crippen molar-refractivity contribution in [3.8, 4) is 0 Å². The summed E-state index contributed by atoms with van der Waals surface area (Å²) in [6.07, 6.45) is 4.13. The van der Waals surface area contributed by atoms with Crippen molar-refractivity contribution in [2.75, 3.05) is 36.6 Å². The van der Waals surface area contributed by atoms with Gasteiger partial charge in [0.1, 0.15) is 0 Å². The van der Waals surface area contributed by atoms with E-state index in [9.17, 15) is 0 Å². The highest BCUT2D eigenvalue weighted by molar-refractivity contribution is 14.1. The maximum absolute atomic E-state index is 2.56. The van der Waals surface area contributed by atoms with Crippen LogP contribution in [0.3, 0.4) is 0 Å². The van der Waals surface area contributed by atoms with Gasteiger partial charge in [0.2, 0.25) is 16.3 Å². The van der Waals surface area contributed by atoms with Crippen LogP contribution in [0.4, 0.5) is 0 Å². The molecular weight excluding hydrogens is 302 g/mol. The minimum atomic E-state index is 1.15. The van der Waals surface area contributed by atoms with Crippen molar-refractivity contribution in [1.29, 1.82) is 0 Å². The first-order chi connectivity index (χ1) is 6.74. The third-order valence-electron chi connectivity index (χ3n) is 2.61. The van der Waals surface area contributed by atoms with Crippen LogP contribution in [0.15, 0.2) is 0 Å². The van der Waals surface area contributed by atoms with Gasteiger partial charge in [-0.05, 0) is 39.5 Å². The van der Waals surface area contributed by atoms with E-state index in [0.29, 0.717) is 0 Å². The zero-order valence-electron chi connectivity index (χ0n) is 9.93. The Bertz CT molecular complexity index is 121. The molecule has 0 radical (unpaired) electrons. The molecule has 0 saturated heterocycles. The van der Waals surface area contributed by atoms with Crippen LogP contribution in [0.1, 0.15) is 26.2 Å². The van der Waals surface area contributed by atoms with E-state index in [2.05, 4.69) is 46.4 Å². The van der Waals surface area contributed by atoms with Crippen molar-refractivity contribution < 1.29 is 0 Å². The Morgan fingerprint density at radius 3 is 2.29 bits per heavy atom. The second kappa shape index (κ2) is 10.7. The third kappa shape index (κ3) is 8.49. The van der Waals surface area contributed by atoms with Crippen molar-refractivity contribution in [2.45, 2.75) is 26.2 Å². The number of hydrogen-bond acceptors (Lipinski definition) is 2. The van der Waals surface area contributed by atoms with E-state index in [1.807, 2.05) is 0 Å². The standard InChI is InChI=1S/C10H22IN2.Al.2H/c1-4-12(2)8-6-5-7-9-13(3)10-11;;;/h2,4-10H2,1,3H3;;;. The molecule has 0 fully saturated rings. The second-order valence-corrected chi connectivity index (χ2v) is 5.10. The molecule has 0 atom stereocenters. The van der Waals surface area contributed by atoms with Gasteiger partial charge in [-0.3, -0.25) is 4.90 Å². The molecule has 4 heteroatoms. The summed E-state index contributed by atoms with van der Waals surface area (Å²) in [4.78, 5) is 4.94. The number of hydrogen-bond donors (Lipinski definition) is 0. The Kier molecular flexibility index (Phi) is 11.6. The van der Waals surface area contributed by atoms with Crippen molar-refractivity contribution in [1.82, 2.24) is 9.80 Å². The molecule has 0 aliphatic heterocycles. The molecule has 0 aromatic carbocycles. The van der Waals surface area contributed by atoms with Gasteiger partial charge in [0.25, 0.3) is 0 Å². The Hall–Kier alpha value is 1.18. The van der Waals surface area contributed by atoms with Crippen LogP contribution in [0.2, 0.25) is 0 Å². The van der Waals surface area contributed by atoms with E-state index in [0.717, 1.165) is 4.55 Å². The lowest BCUT2D eigenvalue weighted by molar-refractivity contribution is 0.317. The van der Waals surface area contributed by atoms with Crippen LogP contribution < -0.4 is 0 Å². The minimum absolute atomic E-state index is 1.15. The molecule has 84 valence electrons. The number of rotatable bonds is 9. The van der Waals surface area contributed by atoms with Crippen molar-refractivity contribution >= 4 is 38.9 Å². The molecule has 2 nitrogen and oxygen atoms in total. The number of nitrogens with zero attached hydrogens (tertiary/aromatic N) is 2. The topological polar surface area (TPSA) is 6.48 Å². The lowest BCUT2D eigenvalue weighted by Crippen LogP contribution is -2.26. The van der Waals surface area contributed by atoms with E-state index in [1.165, 1.54) is 60.6 Å². The molecule has 0 rings (SSSR count). The molecule has 0 aromatic heterocycles. The van der Waals surface area contributed by atoms with Gasteiger partial charge < -0.3 is 4.90 Å². The van der Waals surface area contributed by atoms with Gasteiger partial charge in [0.05, 0.1) is 4.55 Å². The summed E-state index contributed by atoms with van der Waals surface area (Å²) in [6, 6.07) is 0. The Morgan fingerprint density at radius 1 is 1.14 bits per heavy atom. The number of unbranched alkanes of at least 4 members (excludes halogenated alkanes) is 2. The lowest BCUT2D eigenvalue weighted by atomic mass is 10.2. The van der Waals surface area contributed by atoms with Crippen molar-refractivity contribution in [3.63, 3.8) is 0 Å². The highest BCUT2D eigenvalue weighted by atomic mass is 127. The molecular formula is C10H24AlIN2. The molecule has 14 heavy (non-hydrogen) atoms. The van der Waals surface area contributed by atoms with Crippen LogP contribution >= 0.6 is 22.6 Å². The zero-order chi connectivity index (χ0) is 10.8. The maximum Gasteiger partial charge on any atom is 0.234 e. The molecule has 0 saturated carbocycles. The average molecular weight is 326 g/mol. The van der Waals surface area contributed by atoms with Crippen molar-refractivity contribution in [2.24, 2.45) is 0 Å². The Labute approximate surface area is 111 Å². The monoisotopic (exact) mass is 326 g/mol. The fourth-order valence-corrected chi connectivity index (χ4v) is 2.60. The van der Waals surface area contributed by atoms with E-state index in [4.69, 9.17) is 0 Å². The first kappa shape index (κ1) is 15.2. The molecule has 0 aromatic rings. The summed E-state index contributed by atoms with van der Waals surface area (Å²) >= 11 is 3.73. The van der Waals surface area contributed by atoms with Gasteiger partial charge in [-0.1, -0.05) is 41.3 Å². The highest BCUT2D eigenvalue weighted by Crippen LogP contribution is 2.00. The van der Waals surface area contributed by atoms with Crippen LogP contribution in [0, 0.1) is 0 Å². The summed E-state index contributed by atoms with van der Waals surface area (Å²) < 4.78 is 1.15. The smallest absolute Gasteiger partial charge is 0.234 e. The Morgan fingerprint density at radius 2 is 1.79 bits per heavy atom. The van der Waals surface area contributed by atoms with Crippen LogP contribution in [-0.4, -0.2) is 62.7 Å². The second-order valence-electron chi connectivity index (χ2n) is 3.79. The van der Waals surface area contributed by atoms with Crippen molar-refractivity contribution in [3.05, 3.63) is 0 Å². The van der Waals surface area contributed by atoms with E-state index < -0.39 is 0 Å². The molecule has 0 N–H and O–H groups in total. The molecule has 0 bridgehead atoms. The summed E-state index contributed by atoms with van der Waals surface area (Å²) in [5.74, 6) is 0. The molecule has 0 aliphatic carbocycles. The highest BCUT2D eigenvalue weighted by Gasteiger charge is 1.99. The van der Waals surface area contributed by atoms with Crippen LogP contribution in [0.25, 0.3) is 0 Å². The first-order valence-electron chi connectivity index (χ1n) is 5.71. The average Bonchev–Trinajstić information content (AvgIpc) is 2.23. The van der Waals surface area contributed by atoms with E-state index in [-0.39, 0.29) is 0 Å². The predicted octanol–water partition coefficient (Wildman–Crippen LogP) is 1.39. The summed E-state index contributed by atoms with van der Waals surface area (Å²) in [5.41, 5.74) is 0. The van der Waals surface area contributed by atoms with Gasteiger partial charge in [0, 0.05) is 0 Å². The molecule has 0 amide bonds. The van der Waals surface area contributed by atoms with Gasteiger partial charge in [-0.2, -0.15) is 0 Å². The summed E-state index contributed by atoms with van der Waals surface area (Å²) in [7, 11) is 2.20. The molecule has 0 aliphatic rings. The van der Waals surface area contributed by atoms with Gasteiger partial charge in [-0.25, -0.2) is 0 Å². The van der Waals surface area contributed by atoms with Crippen LogP contribution in [0.5, 0.6) is 0 Å². The third-order valence-corrected chi connectivity index (χ3v) is 4.67.